The molecule has 0 unspecified atom stereocenters. The van der Waals surface area contributed by atoms with Gasteiger partial charge >= 0.3 is 12.1 Å². The molecule has 1 saturated heterocycles. The van der Waals surface area contributed by atoms with Crippen LogP contribution in [0, 0.1) is 11.8 Å². The number of amides is 2. The van der Waals surface area contributed by atoms with Gasteiger partial charge in [-0.2, -0.15) is 0 Å². The van der Waals surface area contributed by atoms with Crippen LogP contribution >= 0.6 is 0 Å². The van der Waals surface area contributed by atoms with Gasteiger partial charge in [-0.1, -0.05) is 20.8 Å². The highest BCUT2D eigenvalue weighted by molar-refractivity contribution is 5.90. The molecule has 20 heavy (non-hydrogen) atoms. The highest BCUT2D eigenvalue weighted by Gasteiger charge is 2.41. The molecule has 0 bridgehead atoms. The first-order valence-electron chi connectivity index (χ1n) is 6.65. The van der Waals surface area contributed by atoms with Crippen LogP contribution in [0.5, 0.6) is 0 Å². The summed E-state index contributed by atoms with van der Waals surface area (Å²) in [6, 6.07) is -1.60. The van der Waals surface area contributed by atoms with Crippen LogP contribution in [0.2, 0.25) is 0 Å². The molecule has 0 aromatic carbocycles. The molecular formula is C13H22N2O5. The zero-order chi connectivity index (χ0) is 15.4. The van der Waals surface area contributed by atoms with Crippen LogP contribution in [-0.2, 0) is 14.3 Å². The molecule has 0 radical (unpaired) electrons. The number of carbonyl (C=O) groups is 3. The fourth-order valence-electron chi connectivity index (χ4n) is 2.40. The van der Waals surface area contributed by atoms with E-state index in [0.29, 0.717) is 13.0 Å². The van der Waals surface area contributed by atoms with Gasteiger partial charge in [-0.25, -0.2) is 9.59 Å². The molecular weight excluding hydrogens is 264 g/mol. The number of rotatable bonds is 4. The van der Waals surface area contributed by atoms with Crippen molar-refractivity contribution in [2.45, 2.75) is 39.3 Å². The van der Waals surface area contributed by atoms with Crippen LogP contribution in [0.25, 0.3) is 0 Å². The smallest absolute Gasteiger partial charge is 0.407 e. The van der Waals surface area contributed by atoms with Crippen LogP contribution in [0.1, 0.15) is 27.2 Å². The van der Waals surface area contributed by atoms with Crippen LogP contribution in [-0.4, -0.2) is 53.7 Å². The Morgan fingerprint density at radius 3 is 2.40 bits per heavy atom. The van der Waals surface area contributed by atoms with Gasteiger partial charge in [0.15, 0.2) is 0 Å². The van der Waals surface area contributed by atoms with Crippen molar-refractivity contribution in [1.29, 1.82) is 0 Å². The quantitative estimate of drug-likeness (QED) is 0.792. The standard InChI is InChI=1S/C13H22N2O5/c1-7(2)10(14-13(19)20-4)11(16)15-6-8(3)5-9(15)12(17)18/h7-10H,5-6H2,1-4H3,(H,14,19)(H,17,18)/t8-,9-,10-/m0/s1. The SMILES string of the molecule is COC(=O)N[C@H](C(=O)N1C[C@@H](C)C[C@H]1C(=O)O)C(C)C. The monoisotopic (exact) mass is 286 g/mol. The fraction of sp³-hybridized carbons (Fsp3) is 0.769. The van der Waals surface area contributed by atoms with Crippen molar-refractivity contribution >= 4 is 18.0 Å². The minimum absolute atomic E-state index is 0.131. The Labute approximate surface area is 118 Å². The first kappa shape index (κ1) is 16.3. The average Bonchev–Trinajstić information content (AvgIpc) is 2.76. The number of carbonyl (C=O) groups excluding carboxylic acids is 2. The van der Waals surface area contributed by atoms with E-state index in [9.17, 15) is 19.5 Å². The Kier molecular flexibility index (Phi) is 5.35. The number of hydrogen-bond donors (Lipinski definition) is 2. The molecule has 0 spiro atoms. The molecule has 1 aliphatic heterocycles. The van der Waals surface area contributed by atoms with Crippen molar-refractivity contribution in [1.82, 2.24) is 10.2 Å². The summed E-state index contributed by atoms with van der Waals surface area (Å²) in [7, 11) is 1.22. The van der Waals surface area contributed by atoms with E-state index in [1.807, 2.05) is 6.92 Å². The molecule has 2 amide bonds. The number of aliphatic carboxylic acids is 1. The number of ether oxygens (including phenoxy) is 1. The van der Waals surface area contributed by atoms with Crippen LogP contribution in [0.15, 0.2) is 0 Å². The van der Waals surface area contributed by atoms with Gasteiger partial charge in [0.25, 0.3) is 0 Å². The highest BCUT2D eigenvalue weighted by Crippen LogP contribution is 2.24. The van der Waals surface area contributed by atoms with Gasteiger partial charge in [0.05, 0.1) is 7.11 Å². The molecule has 2 N–H and O–H groups in total. The molecule has 0 aromatic rings. The molecule has 1 aliphatic rings. The van der Waals surface area contributed by atoms with Crippen molar-refractivity contribution in [3.63, 3.8) is 0 Å². The largest absolute Gasteiger partial charge is 0.480 e. The summed E-state index contributed by atoms with van der Waals surface area (Å²) in [4.78, 5) is 36.4. The molecule has 0 aromatic heterocycles. The summed E-state index contributed by atoms with van der Waals surface area (Å²) in [6.07, 6.45) is -0.263. The number of carboxylic acids is 1. The molecule has 3 atom stereocenters. The maximum atomic E-state index is 12.5. The van der Waals surface area contributed by atoms with E-state index in [1.165, 1.54) is 12.0 Å². The van der Waals surface area contributed by atoms with Crippen LogP contribution < -0.4 is 5.32 Å². The Morgan fingerprint density at radius 2 is 1.95 bits per heavy atom. The molecule has 7 nitrogen and oxygen atoms in total. The highest BCUT2D eigenvalue weighted by atomic mass is 16.5. The van der Waals surface area contributed by atoms with E-state index in [0.717, 1.165) is 0 Å². The Bertz CT molecular complexity index is 396. The van der Waals surface area contributed by atoms with Crippen molar-refractivity contribution in [3.05, 3.63) is 0 Å². The first-order valence-corrected chi connectivity index (χ1v) is 6.65. The van der Waals surface area contributed by atoms with E-state index in [4.69, 9.17) is 0 Å². The van der Waals surface area contributed by atoms with Gasteiger partial charge in [-0.15, -0.1) is 0 Å². The first-order chi connectivity index (χ1) is 9.27. The van der Waals surface area contributed by atoms with Crippen molar-refractivity contribution in [2.75, 3.05) is 13.7 Å². The number of nitrogens with one attached hydrogen (secondary N) is 1. The van der Waals surface area contributed by atoms with Crippen LogP contribution in [0.3, 0.4) is 0 Å². The van der Waals surface area contributed by atoms with Gasteiger partial charge in [-0.3, -0.25) is 4.79 Å². The third kappa shape index (κ3) is 3.61. The van der Waals surface area contributed by atoms with Crippen molar-refractivity contribution in [3.8, 4) is 0 Å². The van der Waals surface area contributed by atoms with Gasteiger partial charge < -0.3 is 20.1 Å². The van der Waals surface area contributed by atoms with Gasteiger partial charge in [0, 0.05) is 6.54 Å². The lowest BCUT2D eigenvalue weighted by Crippen LogP contribution is -2.53. The molecule has 0 aliphatic carbocycles. The third-order valence-electron chi connectivity index (χ3n) is 3.47. The van der Waals surface area contributed by atoms with E-state index >= 15 is 0 Å². The molecule has 114 valence electrons. The number of carboxylic acid groups (broad SMARTS) is 1. The molecule has 1 heterocycles. The molecule has 1 fully saturated rings. The predicted octanol–water partition coefficient (Wildman–Crippen LogP) is 0.689. The topological polar surface area (TPSA) is 95.9 Å². The predicted molar refractivity (Wildman–Crippen MR) is 71.1 cm³/mol. The molecule has 0 saturated carbocycles. The number of alkyl carbamates (subject to hydrolysis) is 1. The summed E-state index contributed by atoms with van der Waals surface area (Å²) >= 11 is 0. The van der Waals surface area contributed by atoms with Gasteiger partial charge in [0.2, 0.25) is 5.91 Å². The Morgan fingerprint density at radius 1 is 1.35 bits per heavy atom. The lowest BCUT2D eigenvalue weighted by atomic mass is 10.0. The average molecular weight is 286 g/mol. The van der Waals surface area contributed by atoms with E-state index < -0.39 is 24.1 Å². The second-order valence-corrected chi connectivity index (χ2v) is 5.54. The minimum Gasteiger partial charge on any atom is -0.480 e. The Balaban J connectivity index is 2.88. The minimum atomic E-state index is -1.01. The summed E-state index contributed by atoms with van der Waals surface area (Å²) in [5.41, 5.74) is 0. The maximum Gasteiger partial charge on any atom is 0.407 e. The third-order valence-corrected chi connectivity index (χ3v) is 3.47. The Hall–Kier alpha value is -1.79. The number of likely N-dealkylation sites (tertiary alicyclic amines) is 1. The van der Waals surface area contributed by atoms with E-state index in [2.05, 4.69) is 10.1 Å². The zero-order valence-corrected chi connectivity index (χ0v) is 12.3. The number of nitrogens with zero attached hydrogens (tertiary/aromatic N) is 1. The maximum absolute atomic E-state index is 12.5. The van der Waals surface area contributed by atoms with Crippen LogP contribution in [0.4, 0.5) is 4.79 Å². The zero-order valence-electron chi connectivity index (χ0n) is 12.3. The fourth-order valence-corrected chi connectivity index (χ4v) is 2.40. The molecule has 7 heteroatoms. The lowest BCUT2D eigenvalue weighted by Gasteiger charge is -2.29. The normalized spacial score (nSPS) is 23.6. The summed E-state index contributed by atoms with van der Waals surface area (Å²) in [6.45, 7) is 5.87. The second kappa shape index (κ2) is 6.58. The second-order valence-electron chi connectivity index (χ2n) is 5.54. The number of methoxy groups -OCH3 is 1. The summed E-state index contributed by atoms with van der Waals surface area (Å²) in [5, 5.41) is 11.7. The lowest BCUT2D eigenvalue weighted by molar-refractivity contribution is -0.149. The number of hydrogen-bond acceptors (Lipinski definition) is 4. The van der Waals surface area contributed by atoms with E-state index in [-0.39, 0.29) is 17.7 Å². The summed E-state index contributed by atoms with van der Waals surface area (Å²) < 4.78 is 4.50. The van der Waals surface area contributed by atoms with Gasteiger partial charge in [0.1, 0.15) is 12.1 Å². The van der Waals surface area contributed by atoms with Crippen molar-refractivity contribution in [2.24, 2.45) is 11.8 Å². The van der Waals surface area contributed by atoms with Gasteiger partial charge in [-0.05, 0) is 18.3 Å². The van der Waals surface area contributed by atoms with Crippen molar-refractivity contribution < 1.29 is 24.2 Å². The molecule has 1 rings (SSSR count). The van der Waals surface area contributed by atoms with E-state index in [1.54, 1.807) is 13.8 Å². The summed E-state index contributed by atoms with van der Waals surface area (Å²) in [5.74, 6) is -1.41.